The molecule has 0 aliphatic rings. The lowest BCUT2D eigenvalue weighted by molar-refractivity contribution is 0.966. The number of hydrogen-bond acceptors (Lipinski definition) is 1. The van der Waals surface area contributed by atoms with Crippen LogP contribution in [0.1, 0.15) is 22.5 Å². The Morgan fingerprint density at radius 2 is 1.44 bits per heavy atom. The zero-order valence-electron chi connectivity index (χ0n) is 15.1. The van der Waals surface area contributed by atoms with Crippen molar-refractivity contribution in [1.29, 1.82) is 0 Å². The Kier molecular flexibility index (Phi) is 4.91. The molecule has 4 heteroatoms. The van der Waals surface area contributed by atoms with Crippen molar-refractivity contribution >= 4 is 28.7 Å². The lowest BCUT2D eigenvalue weighted by Gasteiger charge is -2.14. The molecule has 3 rings (SSSR count). The molecule has 1 aromatic heterocycles. The average Bonchev–Trinajstić information content (AvgIpc) is 2.91. The summed E-state index contributed by atoms with van der Waals surface area (Å²) >= 11 is 5.45. The van der Waals surface area contributed by atoms with Crippen molar-refractivity contribution in [3.8, 4) is 5.69 Å². The van der Waals surface area contributed by atoms with Gasteiger partial charge in [-0.1, -0.05) is 12.1 Å². The second-order valence-electron chi connectivity index (χ2n) is 6.40. The quantitative estimate of drug-likeness (QED) is 0.610. The second kappa shape index (κ2) is 7.11. The van der Waals surface area contributed by atoms with Gasteiger partial charge in [-0.15, -0.1) is 0 Å². The molecule has 3 nitrogen and oxygen atoms in total. The molecular formula is C21H23N3S. The maximum absolute atomic E-state index is 5.45. The first kappa shape index (κ1) is 17.2. The molecule has 0 spiro atoms. The molecule has 2 N–H and O–H groups in total. The standard InChI is InChI=1S/C21H23N3S/c1-14-5-6-15(2)20(13-14)23-21(25)22-18-9-11-19(12-10-18)24-16(3)7-8-17(24)4/h5-13H,1-4H3,(H2,22,23,25). The Morgan fingerprint density at radius 3 is 2.08 bits per heavy atom. The van der Waals surface area contributed by atoms with Gasteiger partial charge < -0.3 is 15.2 Å². The predicted octanol–water partition coefficient (Wildman–Crippen LogP) is 5.52. The van der Waals surface area contributed by atoms with Gasteiger partial charge in [0.15, 0.2) is 5.11 Å². The molecule has 0 saturated heterocycles. The van der Waals surface area contributed by atoms with Crippen molar-refractivity contribution < 1.29 is 0 Å². The molecule has 25 heavy (non-hydrogen) atoms. The van der Waals surface area contributed by atoms with E-state index in [9.17, 15) is 0 Å². The van der Waals surface area contributed by atoms with Crippen molar-refractivity contribution in [3.05, 3.63) is 77.1 Å². The minimum Gasteiger partial charge on any atom is -0.332 e. The fraction of sp³-hybridized carbons (Fsp3) is 0.190. The van der Waals surface area contributed by atoms with Gasteiger partial charge in [-0.05, 0) is 93.5 Å². The maximum Gasteiger partial charge on any atom is 0.175 e. The molecular weight excluding hydrogens is 326 g/mol. The van der Waals surface area contributed by atoms with Crippen LogP contribution < -0.4 is 10.6 Å². The Labute approximate surface area is 154 Å². The van der Waals surface area contributed by atoms with Crippen LogP contribution in [-0.4, -0.2) is 9.68 Å². The van der Waals surface area contributed by atoms with Gasteiger partial charge in [0.25, 0.3) is 0 Å². The predicted molar refractivity (Wildman–Crippen MR) is 111 cm³/mol. The third-order valence-electron chi connectivity index (χ3n) is 4.30. The van der Waals surface area contributed by atoms with E-state index >= 15 is 0 Å². The largest absolute Gasteiger partial charge is 0.332 e. The number of benzene rings is 2. The summed E-state index contributed by atoms with van der Waals surface area (Å²) in [6, 6.07) is 18.8. The highest BCUT2D eigenvalue weighted by atomic mass is 32.1. The van der Waals surface area contributed by atoms with Gasteiger partial charge in [-0.2, -0.15) is 0 Å². The van der Waals surface area contributed by atoms with Crippen molar-refractivity contribution in [2.24, 2.45) is 0 Å². The topological polar surface area (TPSA) is 29.0 Å². The van der Waals surface area contributed by atoms with Crippen LogP contribution in [0.2, 0.25) is 0 Å². The number of aromatic nitrogens is 1. The van der Waals surface area contributed by atoms with Gasteiger partial charge in [0, 0.05) is 28.5 Å². The van der Waals surface area contributed by atoms with E-state index in [-0.39, 0.29) is 0 Å². The summed E-state index contributed by atoms with van der Waals surface area (Å²) in [6.45, 7) is 8.37. The zero-order chi connectivity index (χ0) is 18.0. The molecule has 0 aliphatic heterocycles. The molecule has 0 saturated carbocycles. The van der Waals surface area contributed by atoms with E-state index in [1.807, 2.05) is 12.1 Å². The Balaban J connectivity index is 1.71. The molecule has 0 amide bonds. The molecule has 128 valence electrons. The van der Waals surface area contributed by atoms with Crippen molar-refractivity contribution in [2.75, 3.05) is 10.6 Å². The van der Waals surface area contributed by atoms with Gasteiger partial charge in [0.1, 0.15) is 0 Å². The number of aryl methyl sites for hydroxylation is 4. The first-order valence-corrected chi connectivity index (χ1v) is 8.75. The van der Waals surface area contributed by atoms with Gasteiger partial charge in [-0.3, -0.25) is 0 Å². The van der Waals surface area contributed by atoms with E-state index in [1.165, 1.54) is 22.5 Å². The Morgan fingerprint density at radius 1 is 0.800 bits per heavy atom. The normalized spacial score (nSPS) is 10.6. The van der Waals surface area contributed by atoms with E-state index in [1.54, 1.807) is 0 Å². The summed E-state index contributed by atoms with van der Waals surface area (Å²) in [4.78, 5) is 0. The summed E-state index contributed by atoms with van der Waals surface area (Å²) in [5, 5.41) is 7.12. The highest BCUT2D eigenvalue weighted by molar-refractivity contribution is 7.80. The van der Waals surface area contributed by atoms with Crippen LogP contribution in [0.5, 0.6) is 0 Å². The van der Waals surface area contributed by atoms with Gasteiger partial charge in [-0.25, -0.2) is 0 Å². The summed E-state index contributed by atoms with van der Waals surface area (Å²) in [5.74, 6) is 0. The smallest absolute Gasteiger partial charge is 0.175 e. The minimum absolute atomic E-state index is 0.592. The number of nitrogens with zero attached hydrogens (tertiary/aromatic N) is 1. The number of hydrogen-bond donors (Lipinski definition) is 2. The summed E-state index contributed by atoms with van der Waals surface area (Å²) in [7, 11) is 0. The first-order valence-electron chi connectivity index (χ1n) is 8.35. The monoisotopic (exact) mass is 349 g/mol. The van der Waals surface area contributed by atoms with Gasteiger partial charge in [0.05, 0.1) is 0 Å². The van der Waals surface area contributed by atoms with Crippen LogP contribution in [0.15, 0.2) is 54.6 Å². The molecule has 0 fully saturated rings. The SMILES string of the molecule is Cc1ccc(C)c(NC(=S)Nc2ccc(-n3c(C)ccc3C)cc2)c1. The van der Waals surface area contributed by atoms with Crippen LogP contribution in [0.25, 0.3) is 5.69 Å². The third kappa shape index (κ3) is 3.91. The van der Waals surface area contributed by atoms with Gasteiger partial charge in [0.2, 0.25) is 0 Å². The maximum atomic E-state index is 5.45. The molecule has 3 aromatic rings. The van der Waals surface area contributed by atoms with Crippen LogP contribution in [-0.2, 0) is 0 Å². The molecule has 0 radical (unpaired) electrons. The average molecular weight is 350 g/mol. The Hall–Kier alpha value is -2.59. The van der Waals surface area contributed by atoms with Crippen molar-refractivity contribution in [3.63, 3.8) is 0 Å². The van der Waals surface area contributed by atoms with Crippen LogP contribution in [0.4, 0.5) is 11.4 Å². The summed E-state index contributed by atoms with van der Waals surface area (Å²) in [6.07, 6.45) is 0. The highest BCUT2D eigenvalue weighted by Crippen LogP contribution is 2.20. The number of nitrogens with one attached hydrogen (secondary N) is 2. The van der Waals surface area contributed by atoms with E-state index in [4.69, 9.17) is 12.2 Å². The molecule has 1 heterocycles. The molecule has 0 bridgehead atoms. The Bertz CT molecular complexity index is 888. The van der Waals surface area contributed by atoms with Crippen LogP contribution in [0.3, 0.4) is 0 Å². The van der Waals surface area contributed by atoms with E-state index in [2.05, 4.69) is 85.4 Å². The number of anilines is 2. The van der Waals surface area contributed by atoms with Crippen molar-refractivity contribution in [2.45, 2.75) is 27.7 Å². The fourth-order valence-electron chi connectivity index (χ4n) is 2.92. The fourth-order valence-corrected chi connectivity index (χ4v) is 3.15. The van der Waals surface area contributed by atoms with Crippen LogP contribution >= 0.6 is 12.2 Å². The summed E-state index contributed by atoms with van der Waals surface area (Å²) in [5.41, 5.74) is 7.98. The van der Waals surface area contributed by atoms with Crippen LogP contribution in [0, 0.1) is 27.7 Å². The van der Waals surface area contributed by atoms with E-state index < -0.39 is 0 Å². The van der Waals surface area contributed by atoms with Gasteiger partial charge >= 0.3 is 0 Å². The minimum atomic E-state index is 0.592. The zero-order valence-corrected chi connectivity index (χ0v) is 15.9. The van der Waals surface area contributed by atoms with E-state index in [0.717, 1.165) is 17.1 Å². The third-order valence-corrected chi connectivity index (χ3v) is 4.50. The first-order chi connectivity index (χ1) is 11.9. The molecule has 0 unspecified atom stereocenters. The van der Waals surface area contributed by atoms with Crippen molar-refractivity contribution in [1.82, 2.24) is 4.57 Å². The summed E-state index contributed by atoms with van der Waals surface area (Å²) < 4.78 is 2.23. The second-order valence-corrected chi connectivity index (χ2v) is 6.80. The number of thiocarbonyl (C=S) groups is 1. The lowest BCUT2D eigenvalue weighted by Crippen LogP contribution is -2.19. The number of rotatable bonds is 3. The van der Waals surface area contributed by atoms with E-state index in [0.29, 0.717) is 5.11 Å². The molecule has 0 aliphatic carbocycles. The highest BCUT2D eigenvalue weighted by Gasteiger charge is 2.05. The molecule has 2 aromatic carbocycles. The molecule has 0 atom stereocenters. The lowest BCUT2D eigenvalue weighted by atomic mass is 10.1.